The van der Waals surface area contributed by atoms with Gasteiger partial charge in [-0.25, -0.2) is 0 Å². The molecule has 0 saturated carbocycles. The number of hydrogen-bond donors (Lipinski definition) is 0. The van der Waals surface area contributed by atoms with Gasteiger partial charge in [-0.1, -0.05) is 30.9 Å². The predicted octanol–water partition coefficient (Wildman–Crippen LogP) is 2.54. The molecule has 0 atom stereocenters. The lowest BCUT2D eigenvalue weighted by molar-refractivity contribution is 0.00578. The Morgan fingerprint density at radius 1 is 0.952 bits per heavy atom. The Balaban J connectivity index is 2.42. The zero-order chi connectivity index (χ0) is 16.1. The summed E-state index contributed by atoms with van der Waals surface area (Å²) in [6, 6.07) is 6.38. The fraction of sp³-hybridized carbons (Fsp3) is 0.625. The molecule has 1 aromatic rings. The molecular weight excluding hydrogens is 279 g/mol. The minimum Gasteiger partial charge on any atom is -0.497 e. The highest BCUT2D eigenvalue weighted by atomic mass is 28.3. The second kappa shape index (κ2) is 5.14. The maximum absolute atomic E-state index is 6.15. The van der Waals surface area contributed by atoms with E-state index in [9.17, 15) is 0 Å². The van der Waals surface area contributed by atoms with Crippen LogP contribution in [0.25, 0.3) is 0 Å². The summed E-state index contributed by atoms with van der Waals surface area (Å²) in [6.07, 6.45) is 0. The molecule has 5 heteroatoms. The molecule has 0 spiro atoms. The molecule has 0 amide bonds. The lowest BCUT2D eigenvalue weighted by Gasteiger charge is -2.32. The fourth-order valence-electron chi connectivity index (χ4n) is 2.29. The zero-order valence-corrected chi connectivity index (χ0v) is 15.5. The van der Waals surface area contributed by atoms with Crippen LogP contribution in [0, 0.1) is 0 Å². The minimum atomic E-state index is -1.43. The van der Waals surface area contributed by atoms with E-state index in [0.717, 1.165) is 11.2 Å². The predicted molar refractivity (Wildman–Crippen MR) is 91.7 cm³/mol. The number of hydrogen-bond acceptors (Lipinski definition) is 3. The van der Waals surface area contributed by atoms with Gasteiger partial charge >= 0.3 is 7.12 Å². The third-order valence-corrected chi connectivity index (χ3v) is 6.58. The monoisotopic (exact) mass is 306 g/mol. The van der Waals surface area contributed by atoms with Gasteiger partial charge in [-0.2, -0.15) is 0 Å². The van der Waals surface area contributed by atoms with Crippen molar-refractivity contribution in [3.63, 3.8) is 0 Å². The van der Waals surface area contributed by atoms with Crippen molar-refractivity contribution in [2.75, 3.05) is 7.11 Å². The zero-order valence-electron chi connectivity index (χ0n) is 14.5. The van der Waals surface area contributed by atoms with E-state index in [2.05, 4.69) is 59.5 Å². The smallest absolute Gasteiger partial charge is 0.494 e. The minimum absolute atomic E-state index is 0.319. The molecule has 1 heterocycles. The SMILES string of the molecule is COc1cc(B2OC(C)(C)C(C)(C)O2)cc([Si](C)(C)C)c1. The lowest BCUT2D eigenvalue weighted by atomic mass is 9.79. The van der Waals surface area contributed by atoms with Gasteiger partial charge in [-0.15, -0.1) is 0 Å². The maximum Gasteiger partial charge on any atom is 0.494 e. The van der Waals surface area contributed by atoms with Crippen LogP contribution in [0.5, 0.6) is 5.75 Å². The molecule has 0 radical (unpaired) electrons. The molecule has 1 aliphatic rings. The molecule has 1 aliphatic heterocycles. The summed E-state index contributed by atoms with van der Waals surface area (Å²) < 4.78 is 17.8. The van der Waals surface area contributed by atoms with Crippen molar-refractivity contribution in [1.82, 2.24) is 0 Å². The van der Waals surface area contributed by atoms with Crippen LogP contribution in [0.2, 0.25) is 19.6 Å². The van der Waals surface area contributed by atoms with Crippen LogP contribution in [0.1, 0.15) is 27.7 Å². The fourth-order valence-corrected chi connectivity index (χ4v) is 3.46. The number of ether oxygens (including phenoxy) is 1. The van der Waals surface area contributed by atoms with Crippen molar-refractivity contribution in [2.24, 2.45) is 0 Å². The van der Waals surface area contributed by atoms with Gasteiger partial charge in [0.25, 0.3) is 0 Å². The lowest BCUT2D eigenvalue weighted by Crippen LogP contribution is -2.43. The Hall–Kier alpha value is -0.778. The van der Waals surface area contributed by atoms with Crippen molar-refractivity contribution in [3.05, 3.63) is 18.2 Å². The molecule has 0 unspecified atom stereocenters. The topological polar surface area (TPSA) is 27.7 Å². The van der Waals surface area contributed by atoms with Crippen LogP contribution >= 0.6 is 0 Å². The molecule has 1 fully saturated rings. The van der Waals surface area contributed by atoms with E-state index >= 15 is 0 Å². The summed E-state index contributed by atoms with van der Waals surface area (Å²) in [4.78, 5) is 0. The molecule has 2 rings (SSSR count). The van der Waals surface area contributed by atoms with Crippen molar-refractivity contribution < 1.29 is 14.0 Å². The van der Waals surface area contributed by atoms with Crippen molar-refractivity contribution in [3.8, 4) is 5.75 Å². The molecular formula is C16H27BO3Si. The van der Waals surface area contributed by atoms with E-state index < -0.39 is 8.07 Å². The molecule has 1 saturated heterocycles. The van der Waals surface area contributed by atoms with Crippen LogP contribution in [0.4, 0.5) is 0 Å². The average Bonchev–Trinajstić information content (AvgIpc) is 2.57. The third kappa shape index (κ3) is 3.20. The van der Waals surface area contributed by atoms with E-state index in [1.165, 1.54) is 5.19 Å². The number of rotatable bonds is 3. The Kier molecular flexibility index (Phi) is 4.06. The van der Waals surface area contributed by atoms with Crippen molar-refractivity contribution >= 4 is 25.8 Å². The van der Waals surface area contributed by atoms with Gasteiger partial charge in [-0.3, -0.25) is 0 Å². The van der Waals surface area contributed by atoms with Crippen molar-refractivity contribution in [2.45, 2.75) is 58.5 Å². The third-order valence-electron chi connectivity index (χ3n) is 4.56. The molecule has 0 bridgehead atoms. The highest BCUT2D eigenvalue weighted by molar-refractivity contribution is 6.89. The van der Waals surface area contributed by atoms with Crippen LogP contribution in [0.15, 0.2) is 18.2 Å². The van der Waals surface area contributed by atoms with E-state index in [1.54, 1.807) is 7.11 Å². The second-order valence-corrected chi connectivity index (χ2v) is 12.9. The largest absolute Gasteiger partial charge is 0.497 e. The Labute approximate surface area is 130 Å². The number of benzene rings is 1. The summed E-state index contributed by atoms with van der Waals surface area (Å²) in [5, 5.41) is 1.35. The molecule has 0 aromatic heterocycles. The van der Waals surface area contributed by atoms with Crippen molar-refractivity contribution in [1.29, 1.82) is 0 Å². The highest BCUT2D eigenvalue weighted by Crippen LogP contribution is 2.36. The Bertz CT molecular complexity index is 519. The quantitative estimate of drug-likeness (QED) is 0.803. The van der Waals surface area contributed by atoms with Gasteiger partial charge < -0.3 is 14.0 Å². The Morgan fingerprint density at radius 3 is 1.90 bits per heavy atom. The maximum atomic E-state index is 6.15. The van der Waals surface area contributed by atoms with Crippen LogP contribution in [-0.2, 0) is 9.31 Å². The van der Waals surface area contributed by atoms with E-state index in [-0.39, 0.29) is 18.3 Å². The molecule has 116 valence electrons. The molecule has 21 heavy (non-hydrogen) atoms. The first-order valence-electron chi connectivity index (χ1n) is 7.51. The highest BCUT2D eigenvalue weighted by Gasteiger charge is 2.51. The summed E-state index contributed by atoms with van der Waals surface area (Å²) in [6.45, 7) is 15.3. The first-order valence-corrected chi connectivity index (χ1v) is 11.0. The van der Waals surface area contributed by atoms with Gasteiger partial charge in [0, 0.05) is 0 Å². The first kappa shape index (κ1) is 16.6. The molecule has 3 nitrogen and oxygen atoms in total. The summed E-state index contributed by atoms with van der Waals surface area (Å²) in [5.41, 5.74) is 0.408. The number of methoxy groups -OCH3 is 1. The molecule has 0 N–H and O–H groups in total. The Morgan fingerprint density at radius 2 is 1.48 bits per heavy atom. The second-order valence-electron chi connectivity index (χ2n) is 7.83. The summed E-state index contributed by atoms with van der Waals surface area (Å²) in [7, 11) is -0.0533. The molecule has 0 aliphatic carbocycles. The van der Waals surface area contributed by atoms with E-state index in [4.69, 9.17) is 14.0 Å². The van der Waals surface area contributed by atoms with Crippen LogP contribution in [-0.4, -0.2) is 33.5 Å². The normalized spacial score (nSPS) is 20.7. The van der Waals surface area contributed by atoms with Gasteiger partial charge in [0.2, 0.25) is 0 Å². The van der Waals surface area contributed by atoms with E-state index in [1.807, 2.05) is 6.07 Å². The van der Waals surface area contributed by atoms with Crippen LogP contribution in [0.3, 0.4) is 0 Å². The summed E-state index contributed by atoms with van der Waals surface area (Å²) >= 11 is 0. The molecule has 1 aromatic carbocycles. The van der Waals surface area contributed by atoms with E-state index in [0.29, 0.717) is 0 Å². The standard InChI is InChI=1S/C16H27BO3Si/c1-15(2)16(3,4)20-17(19-15)12-9-13(18-5)11-14(10-12)21(6,7)8/h9-11H,1-8H3. The first-order chi connectivity index (χ1) is 9.46. The van der Waals surface area contributed by atoms with Gasteiger partial charge in [0.15, 0.2) is 0 Å². The summed E-state index contributed by atoms with van der Waals surface area (Å²) in [5.74, 6) is 0.875. The van der Waals surface area contributed by atoms with Gasteiger partial charge in [0.05, 0.1) is 26.4 Å². The van der Waals surface area contributed by atoms with Gasteiger partial charge in [-0.05, 0) is 45.3 Å². The van der Waals surface area contributed by atoms with Gasteiger partial charge in [0.1, 0.15) is 5.75 Å². The van der Waals surface area contributed by atoms with Crippen LogP contribution < -0.4 is 15.4 Å². The average molecular weight is 306 g/mol.